The SMILES string of the molecule is CC(C)Oc1ccc(-c2noc(-c3ccc(NCCCC(=O)O)cc3)n2)cc1Cl. The minimum Gasteiger partial charge on any atom is -0.489 e. The Kier molecular flexibility index (Phi) is 6.72. The maximum Gasteiger partial charge on any atom is 0.303 e. The molecule has 0 aliphatic rings. The van der Waals surface area contributed by atoms with Crippen LogP contribution in [0.2, 0.25) is 5.02 Å². The number of carbonyl (C=O) groups is 1. The first-order valence-corrected chi connectivity index (χ1v) is 9.66. The van der Waals surface area contributed by atoms with E-state index in [1.807, 2.05) is 44.2 Å². The Morgan fingerprint density at radius 1 is 1.21 bits per heavy atom. The molecule has 7 nitrogen and oxygen atoms in total. The Morgan fingerprint density at radius 2 is 1.93 bits per heavy atom. The topological polar surface area (TPSA) is 97.5 Å². The first-order chi connectivity index (χ1) is 13.9. The standard InChI is InChI=1S/C21H22ClN3O4/c1-13(2)28-18-10-7-15(12-17(18)22)20-24-21(29-25-20)14-5-8-16(9-6-14)23-11-3-4-19(26)27/h5-10,12-13,23H,3-4,11H2,1-2H3,(H,26,27). The van der Waals surface area contributed by atoms with Gasteiger partial charge >= 0.3 is 5.97 Å². The van der Waals surface area contributed by atoms with Crippen molar-refractivity contribution in [3.63, 3.8) is 0 Å². The fourth-order valence-corrected chi connectivity index (χ4v) is 2.88. The number of hydrogen-bond acceptors (Lipinski definition) is 6. The van der Waals surface area contributed by atoms with E-state index in [1.165, 1.54) is 0 Å². The number of halogens is 1. The van der Waals surface area contributed by atoms with Crippen LogP contribution in [0.25, 0.3) is 22.8 Å². The summed E-state index contributed by atoms with van der Waals surface area (Å²) in [6, 6.07) is 12.9. The molecule has 3 rings (SSSR count). The lowest BCUT2D eigenvalue weighted by Crippen LogP contribution is -2.05. The number of nitrogens with zero attached hydrogens (tertiary/aromatic N) is 2. The number of anilines is 1. The molecule has 3 aromatic rings. The molecular weight excluding hydrogens is 394 g/mol. The van der Waals surface area contributed by atoms with Crippen LogP contribution in [0.1, 0.15) is 26.7 Å². The number of benzene rings is 2. The van der Waals surface area contributed by atoms with Gasteiger partial charge in [0.25, 0.3) is 5.89 Å². The van der Waals surface area contributed by atoms with Gasteiger partial charge in [-0.1, -0.05) is 16.8 Å². The molecule has 8 heteroatoms. The summed E-state index contributed by atoms with van der Waals surface area (Å²) >= 11 is 6.28. The van der Waals surface area contributed by atoms with Crippen LogP contribution in [0.15, 0.2) is 47.0 Å². The second kappa shape index (κ2) is 9.43. The molecule has 0 aliphatic heterocycles. The Balaban J connectivity index is 1.66. The summed E-state index contributed by atoms with van der Waals surface area (Å²) in [5.74, 6) is 0.656. The molecule has 0 saturated heterocycles. The lowest BCUT2D eigenvalue weighted by molar-refractivity contribution is -0.137. The van der Waals surface area contributed by atoms with Crippen LogP contribution in [0.3, 0.4) is 0 Å². The maximum absolute atomic E-state index is 10.5. The predicted molar refractivity (Wildman–Crippen MR) is 111 cm³/mol. The van der Waals surface area contributed by atoms with E-state index in [1.54, 1.807) is 12.1 Å². The Morgan fingerprint density at radius 3 is 2.59 bits per heavy atom. The fourth-order valence-electron chi connectivity index (χ4n) is 2.65. The van der Waals surface area contributed by atoms with Gasteiger partial charge in [-0.15, -0.1) is 0 Å². The summed E-state index contributed by atoms with van der Waals surface area (Å²) in [5.41, 5.74) is 2.41. The average molecular weight is 416 g/mol. The van der Waals surface area contributed by atoms with Crippen molar-refractivity contribution in [3.8, 4) is 28.6 Å². The smallest absolute Gasteiger partial charge is 0.303 e. The molecular formula is C21H22ClN3O4. The van der Waals surface area contributed by atoms with Crippen molar-refractivity contribution in [1.29, 1.82) is 0 Å². The van der Waals surface area contributed by atoms with Gasteiger partial charge in [0.1, 0.15) is 5.75 Å². The van der Waals surface area contributed by atoms with E-state index < -0.39 is 5.97 Å². The number of carboxylic acid groups (broad SMARTS) is 1. The number of ether oxygens (including phenoxy) is 1. The third-order valence-electron chi connectivity index (χ3n) is 4.01. The Hall–Kier alpha value is -3.06. The van der Waals surface area contributed by atoms with E-state index in [0.717, 1.165) is 16.8 Å². The number of carboxylic acids is 1. The highest BCUT2D eigenvalue weighted by atomic mass is 35.5. The highest BCUT2D eigenvalue weighted by Gasteiger charge is 2.13. The van der Waals surface area contributed by atoms with Crippen molar-refractivity contribution in [2.24, 2.45) is 0 Å². The Labute approximate surface area is 173 Å². The van der Waals surface area contributed by atoms with Crippen LogP contribution >= 0.6 is 11.6 Å². The zero-order valence-corrected chi connectivity index (χ0v) is 16.9. The molecule has 0 unspecified atom stereocenters. The summed E-state index contributed by atoms with van der Waals surface area (Å²) < 4.78 is 11.0. The zero-order chi connectivity index (χ0) is 20.8. The lowest BCUT2D eigenvalue weighted by Gasteiger charge is -2.11. The van der Waals surface area contributed by atoms with Crippen LogP contribution in [0, 0.1) is 0 Å². The molecule has 152 valence electrons. The molecule has 0 fully saturated rings. The number of hydrogen-bond donors (Lipinski definition) is 2. The molecule has 2 N–H and O–H groups in total. The second-order valence-electron chi connectivity index (χ2n) is 6.74. The fraction of sp³-hybridized carbons (Fsp3) is 0.286. The molecule has 0 bridgehead atoms. The van der Waals surface area contributed by atoms with Gasteiger partial charge < -0.3 is 19.7 Å². The second-order valence-corrected chi connectivity index (χ2v) is 7.14. The van der Waals surface area contributed by atoms with Crippen molar-refractivity contribution in [1.82, 2.24) is 10.1 Å². The van der Waals surface area contributed by atoms with Crippen molar-refractivity contribution in [3.05, 3.63) is 47.5 Å². The first kappa shape index (κ1) is 20.7. The number of aliphatic carboxylic acids is 1. The molecule has 1 heterocycles. The molecule has 0 atom stereocenters. The highest BCUT2D eigenvalue weighted by Crippen LogP contribution is 2.31. The molecule has 2 aromatic carbocycles. The normalized spacial score (nSPS) is 10.9. The third-order valence-corrected chi connectivity index (χ3v) is 4.30. The highest BCUT2D eigenvalue weighted by molar-refractivity contribution is 6.32. The first-order valence-electron chi connectivity index (χ1n) is 9.29. The van der Waals surface area contributed by atoms with E-state index in [2.05, 4.69) is 15.5 Å². The quantitative estimate of drug-likeness (QED) is 0.468. The zero-order valence-electron chi connectivity index (χ0n) is 16.2. The largest absolute Gasteiger partial charge is 0.489 e. The summed E-state index contributed by atoms with van der Waals surface area (Å²) in [6.07, 6.45) is 0.739. The van der Waals surface area contributed by atoms with Crippen LogP contribution in [-0.4, -0.2) is 33.9 Å². The summed E-state index contributed by atoms with van der Waals surface area (Å²) in [5, 5.41) is 16.4. The number of nitrogens with one attached hydrogen (secondary N) is 1. The molecule has 0 amide bonds. The van der Waals surface area contributed by atoms with E-state index >= 15 is 0 Å². The van der Waals surface area contributed by atoms with E-state index in [0.29, 0.717) is 35.5 Å². The van der Waals surface area contributed by atoms with Crippen LogP contribution in [0.4, 0.5) is 5.69 Å². The summed E-state index contributed by atoms with van der Waals surface area (Å²) in [7, 11) is 0. The third kappa shape index (κ3) is 5.71. The maximum atomic E-state index is 10.5. The predicted octanol–water partition coefficient (Wildman–Crippen LogP) is 5.12. The van der Waals surface area contributed by atoms with Crippen molar-refractivity contribution in [2.45, 2.75) is 32.8 Å². The molecule has 0 aliphatic carbocycles. The van der Waals surface area contributed by atoms with Gasteiger partial charge in [-0.2, -0.15) is 4.98 Å². The molecule has 0 saturated carbocycles. The molecule has 29 heavy (non-hydrogen) atoms. The molecule has 1 aromatic heterocycles. The van der Waals surface area contributed by atoms with E-state index in [9.17, 15) is 4.79 Å². The van der Waals surface area contributed by atoms with E-state index in [-0.39, 0.29) is 12.5 Å². The summed E-state index contributed by atoms with van der Waals surface area (Å²) in [6.45, 7) is 4.47. The van der Waals surface area contributed by atoms with Crippen molar-refractivity contribution >= 4 is 23.3 Å². The van der Waals surface area contributed by atoms with Gasteiger partial charge in [0.2, 0.25) is 5.82 Å². The van der Waals surface area contributed by atoms with Gasteiger partial charge in [-0.3, -0.25) is 4.79 Å². The van der Waals surface area contributed by atoms with Gasteiger partial charge in [-0.05, 0) is 62.7 Å². The molecule has 0 spiro atoms. The minimum absolute atomic E-state index is 0.0322. The minimum atomic E-state index is -0.794. The van der Waals surface area contributed by atoms with Crippen LogP contribution in [0.5, 0.6) is 5.75 Å². The van der Waals surface area contributed by atoms with Gasteiger partial charge in [0.05, 0.1) is 11.1 Å². The number of aromatic nitrogens is 2. The van der Waals surface area contributed by atoms with Crippen LogP contribution in [-0.2, 0) is 4.79 Å². The van der Waals surface area contributed by atoms with Crippen molar-refractivity contribution in [2.75, 3.05) is 11.9 Å². The van der Waals surface area contributed by atoms with Gasteiger partial charge in [0.15, 0.2) is 0 Å². The Bertz CT molecular complexity index is 970. The van der Waals surface area contributed by atoms with Crippen molar-refractivity contribution < 1.29 is 19.2 Å². The average Bonchev–Trinajstić information content (AvgIpc) is 3.17. The van der Waals surface area contributed by atoms with E-state index in [4.69, 9.17) is 26.0 Å². The van der Waals surface area contributed by atoms with Crippen LogP contribution < -0.4 is 10.1 Å². The van der Waals surface area contributed by atoms with Gasteiger partial charge in [-0.25, -0.2) is 0 Å². The van der Waals surface area contributed by atoms with Gasteiger partial charge in [0, 0.05) is 29.8 Å². The molecule has 0 radical (unpaired) electrons. The lowest BCUT2D eigenvalue weighted by atomic mass is 10.2. The summed E-state index contributed by atoms with van der Waals surface area (Å²) in [4.78, 5) is 15.0. The number of rotatable bonds is 9. The monoisotopic (exact) mass is 415 g/mol.